The lowest BCUT2D eigenvalue weighted by molar-refractivity contribution is -0.169. The number of aromatic nitrogens is 2. The van der Waals surface area contributed by atoms with Gasteiger partial charge < -0.3 is 14.6 Å². The molecule has 0 unspecified atom stereocenters. The monoisotopic (exact) mass is 339 g/mol. The van der Waals surface area contributed by atoms with Crippen LogP contribution in [0.3, 0.4) is 0 Å². The van der Waals surface area contributed by atoms with E-state index in [9.17, 15) is 4.79 Å². The molecule has 1 aromatic heterocycles. The van der Waals surface area contributed by atoms with Crippen LogP contribution in [-0.4, -0.2) is 34.2 Å². The van der Waals surface area contributed by atoms with Crippen molar-refractivity contribution in [3.63, 3.8) is 0 Å². The minimum Gasteiger partial charge on any atom is -0.378 e. The maximum Gasteiger partial charge on any atom is 0.251 e. The number of nitrogens with one attached hydrogen (secondary N) is 1. The first kappa shape index (κ1) is 16.3. The fourth-order valence-corrected chi connectivity index (χ4v) is 4.23. The lowest BCUT2D eigenvalue weighted by atomic mass is 9.51. The van der Waals surface area contributed by atoms with Gasteiger partial charge in [-0.25, -0.2) is 4.98 Å². The van der Waals surface area contributed by atoms with Gasteiger partial charge in [0.25, 0.3) is 5.91 Å². The first-order valence-corrected chi connectivity index (χ1v) is 9.18. The molecule has 0 radical (unpaired) electrons. The molecule has 1 amide bonds. The zero-order valence-corrected chi connectivity index (χ0v) is 14.6. The van der Waals surface area contributed by atoms with Crippen LogP contribution in [-0.2, 0) is 11.3 Å². The number of imidazole rings is 1. The van der Waals surface area contributed by atoms with Gasteiger partial charge >= 0.3 is 0 Å². The maximum atomic E-state index is 12.6. The summed E-state index contributed by atoms with van der Waals surface area (Å²) in [7, 11) is 0. The molecule has 1 aromatic carbocycles. The minimum atomic E-state index is 0.0282. The van der Waals surface area contributed by atoms with Gasteiger partial charge in [-0.1, -0.05) is 18.6 Å². The SMILES string of the molecule is CCO[C@@H]1C[C@@H](NC(=O)c2ccc(Cn3ccnc3)cc2)C12CCC2. The molecule has 2 aromatic rings. The summed E-state index contributed by atoms with van der Waals surface area (Å²) in [6, 6.07) is 8.10. The van der Waals surface area contributed by atoms with Gasteiger partial charge in [0.05, 0.1) is 12.4 Å². The molecule has 2 atom stereocenters. The summed E-state index contributed by atoms with van der Waals surface area (Å²) >= 11 is 0. The van der Waals surface area contributed by atoms with Crippen LogP contribution < -0.4 is 5.32 Å². The van der Waals surface area contributed by atoms with Crippen LogP contribution in [0.5, 0.6) is 0 Å². The summed E-state index contributed by atoms with van der Waals surface area (Å²) in [6.07, 6.45) is 10.4. The van der Waals surface area contributed by atoms with Crippen molar-refractivity contribution in [2.24, 2.45) is 5.41 Å². The minimum absolute atomic E-state index is 0.0282. The van der Waals surface area contributed by atoms with Crippen molar-refractivity contribution < 1.29 is 9.53 Å². The number of amides is 1. The molecular weight excluding hydrogens is 314 g/mol. The van der Waals surface area contributed by atoms with Gasteiger partial charge in [-0.3, -0.25) is 4.79 Å². The Morgan fingerprint density at radius 2 is 2.16 bits per heavy atom. The number of carbonyl (C=O) groups is 1. The van der Waals surface area contributed by atoms with Crippen molar-refractivity contribution in [1.29, 1.82) is 0 Å². The number of benzene rings is 1. The highest BCUT2D eigenvalue weighted by atomic mass is 16.5. The first-order chi connectivity index (χ1) is 12.2. The van der Waals surface area contributed by atoms with Crippen LogP contribution >= 0.6 is 0 Å². The van der Waals surface area contributed by atoms with Gasteiger partial charge in [-0.05, 0) is 43.9 Å². The van der Waals surface area contributed by atoms with E-state index in [0.29, 0.717) is 6.10 Å². The Bertz CT molecular complexity index is 720. The molecule has 1 heterocycles. The Hall–Kier alpha value is -2.14. The van der Waals surface area contributed by atoms with E-state index in [0.717, 1.165) is 30.7 Å². The highest BCUT2D eigenvalue weighted by Gasteiger charge is 2.59. The molecule has 4 rings (SSSR count). The quantitative estimate of drug-likeness (QED) is 0.880. The van der Waals surface area contributed by atoms with Gasteiger partial charge in [0.2, 0.25) is 0 Å². The molecule has 132 valence electrons. The average Bonchev–Trinajstić information content (AvgIpc) is 3.06. The van der Waals surface area contributed by atoms with Crippen LogP contribution in [0.1, 0.15) is 48.5 Å². The van der Waals surface area contributed by atoms with Crippen molar-refractivity contribution in [2.45, 2.75) is 51.3 Å². The van der Waals surface area contributed by atoms with Crippen molar-refractivity contribution in [3.8, 4) is 0 Å². The molecule has 5 nitrogen and oxygen atoms in total. The van der Waals surface area contributed by atoms with Crippen LogP contribution in [0, 0.1) is 5.41 Å². The molecule has 2 saturated carbocycles. The molecule has 0 bridgehead atoms. The summed E-state index contributed by atoms with van der Waals surface area (Å²) in [5, 5.41) is 3.24. The van der Waals surface area contributed by atoms with E-state index >= 15 is 0 Å². The summed E-state index contributed by atoms with van der Waals surface area (Å²) in [5.41, 5.74) is 2.08. The largest absolute Gasteiger partial charge is 0.378 e. The van der Waals surface area contributed by atoms with Crippen molar-refractivity contribution in [1.82, 2.24) is 14.9 Å². The second kappa shape index (κ2) is 6.64. The van der Waals surface area contributed by atoms with E-state index in [4.69, 9.17) is 4.74 Å². The normalized spacial score (nSPS) is 23.7. The summed E-state index contributed by atoms with van der Waals surface area (Å²) < 4.78 is 7.87. The van der Waals surface area contributed by atoms with E-state index in [1.165, 1.54) is 19.3 Å². The molecule has 2 fully saturated rings. The summed E-state index contributed by atoms with van der Waals surface area (Å²) in [5.74, 6) is 0.0282. The van der Waals surface area contributed by atoms with E-state index < -0.39 is 0 Å². The van der Waals surface area contributed by atoms with Gasteiger partial charge in [0.15, 0.2) is 0 Å². The molecular formula is C20H25N3O2. The van der Waals surface area contributed by atoms with E-state index in [-0.39, 0.29) is 17.4 Å². The number of ether oxygens (including phenoxy) is 1. The van der Waals surface area contributed by atoms with Crippen LogP contribution in [0.4, 0.5) is 0 Å². The van der Waals surface area contributed by atoms with Gasteiger partial charge in [-0.15, -0.1) is 0 Å². The molecule has 5 heteroatoms. The molecule has 0 saturated heterocycles. The van der Waals surface area contributed by atoms with Crippen molar-refractivity contribution in [2.75, 3.05) is 6.61 Å². The number of carbonyl (C=O) groups excluding carboxylic acids is 1. The Morgan fingerprint density at radius 3 is 2.76 bits per heavy atom. The topological polar surface area (TPSA) is 56.1 Å². The third kappa shape index (κ3) is 2.97. The van der Waals surface area contributed by atoms with Gasteiger partial charge in [0.1, 0.15) is 0 Å². The Kier molecular flexibility index (Phi) is 4.34. The highest BCUT2D eigenvalue weighted by Crippen LogP contribution is 2.57. The molecule has 0 aliphatic heterocycles. The van der Waals surface area contributed by atoms with Crippen LogP contribution in [0.15, 0.2) is 43.0 Å². The summed E-state index contributed by atoms with van der Waals surface area (Å²) in [6.45, 7) is 3.57. The number of rotatable bonds is 6. The van der Waals surface area contributed by atoms with E-state index in [1.807, 2.05) is 42.0 Å². The molecule has 2 aliphatic rings. The molecule has 25 heavy (non-hydrogen) atoms. The van der Waals surface area contributed by atoms with Crippen molar-refractivity contribution in [3.05, 3.63) is 54.1 Å². The Morgan fingerprint density at radius 1 is 1.36 bits per heavy atom. The van der Waals surface area contributed by atoms with E-state index in [1.54, 1.807) is 12.5 Å². The predicted octanol–water partition coefficient (Wildman–Crippen LogP) is 3.01. The Labute approximate surface area is 148 Å². The predicted molar refractivity (Wildman–Crippen MR) is 95.3 cm³/mol. The van der Waals surface area contributed by atoms with Gasteiger partial charge in [0, 0.05) is 42.6 Å². The summed E-state index contributed by atoms with van der Waals surface area (Å²) in [4.78, 5) is 16.6. The standard InChI is InChI=1S/C20H25N3O2/c1-2-25-18-12-17(20(18)8-3-9-20)22-19(24)16-6-4-15(5-7-16)13-23-11-10-21-14-23/h4-7,10-11,14,17-18H,2-3,8-9,12-13H2,1H3,(H,22,24)/t17-,18-/m1/s1. The molecule has 2 aliphatic carbocycles. The zero-order chi connectivity index (χ0) is 17.3. The maximum absolute atomic E-state index is 12.6. The molecule has 1 N–H and O–H groups in total. The third-order valence-corrected chi connectivity index (χ3v) is 5.88. The van der Waals surface area contributed by atoms with Crippen molar-refractivity contribution >= 4 is 5.91 Å². The van der Waals surface area contributed by atoms with Gasteiger partial charge in [-0.2, -0.15) is 0 Å². The second-order valence-corrected chi connectivity index (χ2v) is 7.22. The Balaban J connectivity index is 1.37. The van der Waals surface area contributed by atoms with E-state index in [2.05, 4.69) is 10.3 Å². The number of hydrogen-bond donors (Lipinski definition) is 1. The third-order valence-electron chi connectivity index (χ3n) is 5.88. The van der Waals surface area contributed by atoms with Crippen LogP contribution in [0.2, 0.25) is 0 Å². The zero-order valence-electron chi connectivity index (χ0n) is 14.6. The first-order valence-electron chi connectivity index (χ1n) is 9.18. The lowest BCUT2D eigenvalue weighted by Gasteiger charge is -2.61. The second-order valence-electron chi connectivity index (χ2n) is 7.22. The number of nitrogens with zero attached hydrogens (tertiary/aromatic N) is 2. The molecule has 1 spiro atoms. The number of hydrogen-bond acceptors (Lipinski definition) is 3. The smallest absolute Gasteiger partial charge is 0.251 e. The van der Waals surface area contributed by atoms with Crippen LogP contribution in [0.25, 0.3) is 0 Å². The lowest BCUT2D eigenvalue weighted by Crippen LogP contribution is -2.67. The highest BCUT2D eigenvalue weighted by molar-refractivity contribution is 5.94. The fourth-order valence-electron chi connectivity index (χ4n) is 4.23. The fraction of sp³-hybridized carbons (Fsp3) is 0.500. The average molecular weight is 339 g/mol.